The lowest BCUT2D eigenvalue weighted by atomic mass is 9.98. The van der Waals surface area contributed by atoms with Crippen molar-refractivity contribution in [2.24, 2.45) is 0 Å². The SMILES string of the molecule is O=C(c1ccc2c(c1)[nH]c(=O)n2CC(F)(F)F)N1C2CCC1CC(O)C2. The fourth-order valence-corrected chi connectivity index (χ4v) is 4.26. The van der Waals surface area contributed by atoms with Crippen LogP contribution in [0, 0.1) is 0 Å². The molecule has 1 aromatic carbocycles. The molecule has 2 bridgehead atoms. The Morgan fingerprint density at radius 2 is 1.88 bits per heavy atom. The number of carbonyl (C=O) groups excluding carboxylic acids is 1. The summed E-state index contributed by atoms with van der Waals surface area (Å²) >= 11 is 0. The van der Waals surface area contributed by atoms with Gasteiger partial charge in [0.25, 0.3) is 5.91 Å². The molecule has 2 aliphatic heterocycles. The topological polar surface area (TPSA) is 78.3 Å². The number of aliphatic hydroxyl groups excluding tert-OH is 1. The van der Waals surface area contributed by atoms with E-state index in [9.17, 15) is 27.9 Å². The Labute approximate surface area is 146 Å². The van der Waals surface area contributed by atoms with E-state index in [0.29, 0.717) is 23.0 Å². The van der Waals surface area contributed by atoms with Crippen molar-refractivity contribution in [1.29, 1.82) is 0 Å². The van der Waals surface area contributed by atoms with Crippen LogP contribution in [0.25, 0.3) is 11.0 Å². The van der Waals surface area contributed by atoms with Gasteiger partial charge in [0.2, 0.25) is 0 Å². The predicted octanol–water partition coefficient (Wildman–Crippen LogP) is 2.02. The molecule has 2 unspecified atom stereocenters. The zero-order chi connectivity index (χ0) is 18.6. The molecule has 2 aromatic rings. The molecule has 2 atom stereocenters. The zero-order valence-corrected chi connectivity index (χ0v) is 13.8. The first-order valence-electron chi connectivity index (χ1n) is 8.53. The van der Waals surface area contributed by atoms with Crippen LogP contribution in [0.3, 0.4) is 0 Å². The lowest BCUT2D eigenvalue weighted by molar-refractivity contribution is -0.140. The summed E-state index contributed by atoms with van der Waals surface area (Å²) in [4.78, 5) is 28.9. The fourth-order valence-electron chi connectivity index (χ4n) is 4.26. The Morgan fingerprint density at radius 1 is 1.23 bits per heavy atom. The van der Waals surface area contributed by atoms with Crippen molar-refractivity contribution in [2.45, 2.75) is 56.6 Å². The van der Waals surface area contributed by atoms with Gasteiger partial charge in [0, 0.05) is 17.6 Å². The number of aromatic nitrogens is 2. The normalized spacial score (nSPS) is 25.8. The van der Waals surface area contributed by atoms with Gasteiger partial charge in [0.1, 0.15) is 6.54 Å². The summed E-state index contributed by atoms with van der Waals surface area (Å²) in [6.07, 6.45) is -2.14. The number of aromatic amines is 1. The minimum absolute atomic E-state index is 0.0131. The van der Waals surface area contributed by atoms with Gasteiger partial charge in [0.05, 0.1) is 17.1 Å². The van der Waals surface area contributed by atoms with Gasteiger partial charge in [-0.15, -0.1) is 0 Å². The zero-order valence-electron chi connectivity index (χ0n) is 13.8. The second-order valence-electron chi connectivity index (χ2n) is 7.09. The van der Waals surface area contributed by atoms with Crippen LogP contribution in [0.1, 0.15) is 36.0 Å². The molecule has 3 heterocycles. The summed E-state index contributed by atoms with van der Waals surface area (Å²) in [6, 6.07) is 4.22. The number of H-pyrrole nitrogens is 1. The molecule has 0 aliphatic carbocycles. The summed E-state index contributed by atoms with van der Waals surface area (Å²) in [5.74, 6) is -0.212. The van der Waals surface area contributed by atoms with Crippen LogP contribution in [0.5, 0.6) is 0 Å². The Hall–Kier alpha value is -2.29. The first-order chi connectivity index (χ1) is 12.2. The van der Waals surface area contributed by atoms with Crippen molar-refractivity contribution in [3.05, 3.63) is 34.2 Å². The first kappa shape index (κ1) is 17.1. The molecule has 0 saturated carbocycles. The van der Waals surface area contributed by atoms with Crippen molar-refractivity contribution in [1.82, 2.24) is 14.5 Å². The van der Waals surface area contributed by atoms with Gasteiger partial charge in [-0.25, -0.2) is 4.79 Å². The number of hydrogen-bond acceptors (Lipinski definition) is 3. The van der Waals surface area contributed by atoms with Crippen LogP contribution >= 0.6 is 0 Å². The molecule has 4 rings (SSSR count). The number of nitrogens with one attached hydrogen (secondary N) is 1. The maximum Gasteiger partial charge on any atom is 0.406 e. The van der Waals surface area contributed by atoms with E-state index >= 15 is 0 Å². The number of imidazole rings is 1. The highest BCUT2D eigenvalue weighted by molar-refractivity contribution is 5.98. The summed E-state index contributed by atoms with van der Waals surface area (Å²) in [7, 11) is 0. The number of piperidine rings is 1. The molecule has 2 N–H and O–H groups in total. The van der Waals surface area contributed by atoms with E-state index in [1.165, 1.54) is 18.2 Å². The van der Waals surface area contributed by atoms with Gasteiger partial charge in [-0.05, 0) is 43.9 Å². The molecule has 140 valence electrons. The van der Waals surface area contributed by atoms with Crippen molar-refractivity contribution < 1.29 is 23.1 Å². The van der Waals surface area contributed by atoms with Gasteiger partial charge in [0.15, 0.2) is 0 Å². The number of fused-ring (bicyclic) bond motifs is 3. The Balaban J connectivity index is 1.66. The third-order valence-electron chi connectivity index (χ3n) is 5.30. The summed E-state index contributed by atoms with van der Waals surface area (Å²) in [5.41, 5.74) is -0.218. The number of rotatable bonds is 2. The number of benzene rings is 1. The minimum atomic E-state index is -4.51. The number of alkyl halides is 3. The van der Waals surface area contributed by atoms with Crippen molar-refractivity contribution >= 4 is 16.9 Å². The highest BCUT2D eigenvalue weighted by Crippen LogP contribution is 2.37. The van der Waals surface area contributed by atoms with E-state index in [0.717, 1.165) is 12.8 Å². The van der Waals surface area contributed by atoms with Crippen LogP contribution in [0.2, 0.25) is 0 Å². The minimum Gasteiger partial charge on any atom is -0.393 e. The summed E-state index contributed by atoms with van der Waals surface area (Å²) < 4.78 is 38.6. The molecule has 2 fully saturated rings. The van der Waals surface area contributed by atoms with Crippen LogP contribution < -0.4 is 5.69 Å². The van der Waals surface area contributed by atoms with Gasteiger partial charge >= 0.3 is 11.9 Å². The van der Waals surface area contributed by atoms with Crippen LogP contribution in [0.15, 0.2) is 23.0 Å². The highest BCUT2D eigenvalue weighted by atomic mass is 19.4. The number of nitrogens with zero attached hydrogens (tertiary/aromatic N) is 2. The third-order valence-corrected chi connectivity index (χ3v) is 5.30. The number of carbonyl (C=O) groups is 1. The maximum atomic E-state index is 12.9. The van der Waals surface area contributed by atoms with Gasteiger partial charge in [-0.2, -0.15) is 13.2 Å². The van der Waals surface area contributed by atoms with Crippen LogP contribution in [-0.4, -0.2) is 49.8 Å². The molecule has 2 saturated heterocycles. The Bertz CT molecular complexity index is 903. The number of halogens is 3. The summed E-state index contributed by atoms with van der Waals surface area (Å²) in [5, 5.41) is 9.86. The molecule has 1 amide bonds. The average molecular weight is 369 g/mol. The largest absolute Gasteiger partial charge is 0.406 e. The molecule has 2 aliphatic rings. The van der Waals surface area contributed by atoms with Gasteiger partial charge in [-0.1, -0.05) is 0 Å². The molecule has 1 aromatic heterocycles. The third kappa shape index (κ3) is 2.90. The molecule has 0 radical (unpaired) electrons. The second kappa shape index (κ2) is 5.87. The lowest BCUT2D eigenvalue weighted by Gasteiger charge is -2.37. The van der Waals surface area contributed by atoms with E-state index < -0.39 is 24.5 Å². The number of aliphatic hydroxyl groups is 1. The maximum absolute atomic E-state index is 12.9. The fraction of sp³-hybridized carbons (Fsp3) is 0.529. The first-order valence-corrected chi connectivity index (χ1v) is 8.53. The van der Waals surface area contributed by atoms with E-state index in [1.807, 2.05) is 0 Å². The molecular weight excluding hydrogens is 351 g/mol. The Kier molecular flexibility index (Phi) is 3.87. The van der Waals surface area contributed by atoms with Crippen molar-refractivity contribution in [3.8, 4) is 0 Å². The standard InChI is InChI=1S/C17H18F3N3O3/c18-17(19,20)8-22-14-4-1-9(5-13(14)21-16(22)26)15(25)23-10-2-3-11(23)7-12(24)6-10/h1,4-5,10-12,24H,2-3,6-8H2,(H,21,26). The van der Waals surface area contributed by atoms with Gasteiger partial charge in [-0.3, -0.25) is 9.36 Å². The second-order valence-corrected chi connectivity index (χ2v) is 7.09. The molecule has 6 nitrogen and oxygen atoms in total. The van der Waals surface area contributed by atoms with Crippen LogP contribution in [0.4, 0.5) is 13.2 Å². The Morgan fingerprint density at radius 3 is 2.50 bits per heavy atom. The van der Waals surface area contributed by atoms with E-state index in [4.69, 9.17) is 0 Å². The van der Waals surface area contributed by atoms with Crippen LogP contribution in [-0.2, 0) is 6.54 Å². The smallest absolute Gasteiger partial charge is 0.393 e. The molecular formula is C17H18F3N3O3. The molecule has 26 heavy (non-hydrogen) atoms. The number of amides is 1. The predicted molar refractivity (Wildman–Crippen MR) is 86.8 cm³/mol. The monoisotopic (exact) mass is 369 g/mol. The van der Waals surface area contributed by atoms with Crippen molar-refractivity contribution in [3.63, 3.8) is 0 Å². The quantitative estimate of drug-likeness (QED) is 0.850. The number of hydrogen-bond donors (Lipinski definition) is 2. The highest BCUT2D eigenvalue weighted by Gasteiger charge is 2.43. The molecule has 0 spiro atoms. The average Bonchev–Trinajstić information content (AvgIpc) is 2.99. The summed E-state index contributed by atoms with van der Waals surface area (Å²) in [6.45, 7) is -1.38. The van der Waals surface area contributed by atoms with Gasteiger partial charge < -0.3 is 15.0 Å². The van der Waals surface area contributed by atoms with E-state index in [1.54, 1.807) is 4.90 Å². The van der Waals surface area contributed by atoms with Crippen molar-refractivity contribution in [2.75, 3.05) is 0 Å². The lowest BCUT2D eigenvalue weighted by Crippen LogP contribution is -2.48. The van der Waals surface area contributed by atoms with E-state index in [2.05, 4.69) is 4.98 Å². The molecule has 9 heteroatoms. The van der Waals surface area contributed by atoms with E-state index in [-0.39, 0.29) is 29.0 Å².